The Bertz CT molecular complexity index is 594. The van der Waals surface area contributed by atoms with Crippen LogP contribution in [0.2, 0.25) is 0 Å². The number of nitrogens with two attached hydrogens (primary N) is 1. The summed E-state index contributed by atoms with van der Waals surface area (Å²) in [5, 5.41) is 5.83. The second-order valence-electron chi connectivity index (χ2n) is 6.64. The van der Waals surface area contributed by atoms with Crippen LogP contribution in [0.4, 0.5) is 0 Å². The number of carbonyl (C=O) groups excluding carboxylic acids is 1. The molecule has 25 heavy (non-hydrogen) atoms. The number of hydrogen-bond acceptors (Lipinski definition) is 4. The molecule has 0 heterocycles. The molecule has 1 amide bonds. The maximum atomic E-state index is 11.7. The molecule has 0 saturated heterocycles. The van der Waals surface area contributed by atoms with E-state index in [4.69, 9.17) is 15.2 Å². The number of amides is 1. The van der Waals surface area contributed by atoms with Crippen LogP contribution in [0.15, 0.2) is 23.2 Å². The lowest BCUT2D eigenvalue weighted by Gasteiger charge is -2.17. The van der Waals surface area contributed by atoms with Crippen molar-refractivity contribution in [2.75, 3.05) is 33.9 Å². The molecule has 1 rings (SSSR count). The Morgan fingerprint density at radius 3 is 2.36 bits per heavy atom. The number of rotatable bonds is 8. The lowest BCUT2D eigenvalue weighted by Crippen LogP contribution is -2.41. The molecule has 0 bridgehead atoms. The van der Waals surface area contributed by atoms with Gasteiger partial charge in [0.05, 0.1) is 14.2 Å². The van der Waals surface area contributed by atoms with Gasteiger partial charge in [-0.1, -0.05) is 26.8 Å². The van der Waals surface area contributed by atoms with E-state index in [1.165, 1.54) is 0 Å². The first-order chi connectivity index (χ1) is 11.8. The zero-order valence-corrected chi connectivity index (χ0v) is 15.8. The maximum absolute atomic E-state index is 11.7. The molecule has 0 unspecified atom stereocenters. The molecule has 0 radical (unpaired) electrons. The minimum atomic E-state index is -0.390. The Labute approximate surface area is 150 Å². The van der Waals surface area contributed by atoms with Gasteiger partial charge in [-0.3, -0.25) is 9.79 Å². The summed E-state index contributed by atoms with van der Waals surface area (Å²) in [5.41, 5.74) is 6.52. The van der Waals surface area contributed by atoms with Gasteiger partial charge in [-0.15, -0.1) is 0 Å². The fraction of sp³-hybridized carbons (Fsp3) is 0.556. The van der Waals surface area contributed by atoms with Crippen molar-refractivity contribution in [3.63, 3.8) is 0 Å². The van der Waals surface area contributed by atoms with Crippen molar-refractivity contribution in [2.24, 2.45) is 16.1 Å². The van der Waals surface area contributed by atoms with Crippen molar-refractivity contribution in [1.29, 1.82) is 0 Å². The third kappa shape index (κ3) is 7.32. The van der Waals surface area contributed by atoms with Gasteiger partial charge in [0.1, 0.15) is 0 Å². The summed E-state index contributed by atoms with van der Waals surface area (Å²) in [6.07, 6.45) is 0.740. The van der Waals surface area contributed by atoms with Gasteiger partial charge in [-0.25, -0.2) is 0 Å². The van der Waals surface area contributed by atoms with Crippen LogP contribution in [0.1, 0.15) is 26.3 Å². The van der Waals surface area contributed by atoms with Gasteiger partial charge in [0.15, 0.2) is 17.5 Å². The molecule has 140 valence electrons. The summed E-state index contributed by atoms with van der Waals surface area (Å²) in [6.45, 7) is 7.22. The summed E-state index contributed by atoms with van der Waals surface area (Å²) in [5.74, 6) is 1.78. The highest BCUT2D eigenvalue weighted by Gasteiger charge is 2.20. The van der Waals surface area contributed by atoms with Crippen molar-refractivity contribution in [3.8, 4) is 11.5 Å². The van der Waals surface area contributed by atoms with Crippen molar-refractivity contribution in [2.45, 2.75) is 27.2 Å². The Hall–Kier alpha value is -2.44. The molecule has 0 fully saturated rings. The Kier molecular flexibility index (Phi) is 8.04. The first-order valence-corrected chi connectivity index (χ1v) is 8.31. The molecule has 1 aromatic rings. The Morgan fingerprint density at radius 1 is 1.12 bits per heavy atom. The third-order valence-electron chi connectivity index (χ3n) is 3.53. The first kappa shape index (κ1) is 20.6. The van der Waals surface area contributed by atoms with Crippen LogP contribution in [-0.4, -0.2) is 45.7 Å². The van der Waals surface area contributed by atoms with Crippen LogP contribution in [0, 0.1) is 5.41 Å². The third-order valence-corrected chi connectivity index (χ3v) is 3.53. The number of methoxy groups -OCH3 is 2. The summed E-state index contributed by atoms with van der Waals surface area (Å²) in [4.78, 5) is 16.0. The molecule has 0 aliphatic rings. The summed E-state index contributed by atoms with van der Waals surface area (Å²) < 4.78 is 10.5. The standard InChI is InChI=1S/C18H30N4O3/c1-18(2,3)16(23)20-10-11-22-17(19)21-9-8-13-6-7-14(24-4)15(12-13)25-5/h6-7,12H,8-11H2,1-5H3,(H,20,23)(H3,19,21,22). The molecule has 7 nitrogen and oxygen atoms in total. The topological polar surface area (TPSA) is 98.0 Å². The van der Waals surface area contributed by atoms with E-state index in [2.05, 4.69) is 15.6 Å². The van der Waals surface area contributed by atoms with Crippen LogP contribution in [-0.2, 0) is 11.2 Å². The number of guanidine groups is 1. The average molecular weight is 350 g/mol. The summed E-state index contributed by atoms with van der Waals surface area (Å²) in [7, 11) is 3.22. The quantitative estimate of drug-likeness (QED) is 0.373. The number of carbonyl (C=O) groups is 1. The molecule has 0 aliphatic carbocycles. The zero-order chi connectivity index (χ0) is 18.9. The minimum Gasteiger partial charge on any atom is -0.493 e. The normalized spacial score (nSPS) is 11.8. The molecule has 0 atom stereocenters. The first-order valence-electron chi connectivity index (χ1n) is 8.31. The van der Waals surface area contributed by atoms with Gasteiger partial charge in [-0.2, -0.15) is 0 Å². The van der Waals surface area contributed by atoms with E-state index in [9.17, 15) is 4.79 Å². The SMILES string of the molecule is COc1ccc(CCN=C(N)NCCNC(=O)C(C)(C)C)cc1OC. The fourth-order valence-electron chi connectivity index (χ4n) is 2.03. The fourth-order valence-corrected chi connectivity index (χ4v) is 2.03. The molecule has 7 heteroatoms. The van der Waals surface area contributed by atoms with Crippen molar-refractivity contribution in [3.05, 3.63) is 23.8 Å². The van der Waals surface area contributed by atoms with Gasteiger partial charge in [0, 0.05) is 25.0 Å². The van der Waals surface area contributed by atoms with E-state index in [-0.39, 0.29) is 11.3 Å². The molecule has 0 spiro atoms. The van der Waals surface area contributed by atoms with Crippen LogP contribution in [0.3, 0.4) is 0 Å². The van der Waals surface area contributed by atoms with Crippen molar-refractivity contribution >= 4 is 11.9 Å². The van der Waals surface area contributed by atoms with Gasteiger partial charge in [0.2, 0.25) is 5.91 Å². The van der Waals surface area contributed by atoms with Gasteiger partial charge in [0.25, 0.3) is 0 Å². The largest absolute Gasteiger partial charge is 0.493 e. The molecule has 4 N–H and O–H groups in total. The van der Waals surface area contributed by atoms with E-state index in [1.807, 2.05) is 39.0 Å². The molecule has 0 aliphatic heterocycles. The maximum Gasteiger partial charge on any atom is 0.225 e. The number of nitrogens with one attached hydrogen (secondary N) is 2. The number of aliphatic imine (C=N–C) groups is 1. The molecule has 1 aromatic carbocycles. The van der Waals surface area contributed by atoms with Crippen molar-refractivity contribution in [1.82, 2.24) is 10.6 Å². The van der Waals surface area contributed by atoms with Gasteiger partial charge in [-0.05, 0) is 24.1 Å². The number of ether oxygens (including phenoxy) is 2. The molecular formula is C18H30N4O3. The van der Waals surface area contributed by atoms with E-state index >= 15 is 0 Å². The lowest BCUT2D eigenvalue weighted by atomic mass is 9.96. The predicted molar refractivity (Wildman–Crippen MR) is 100 cm³/mol. The van der Waals surface area contributed by atoms with Gasteiger partial charge >= 0.3 is 0 Å². The number of benzene rings is 1. The minimum absolute atomic E-state index is 0.0123. The molecule has 0 saturated carbocycles. The summed E-state index contributed by atoms with van der Waals surface area (Å²) in [6, 6.07) is 5.78. The number of nitrogens with zero attached hydrogens (tertiary/aromatic N) is 1. The van der Waals surface area contributed by atoms with E-state index in [1.54, 1.807) is 14.2 Å². The van der Waals surface area contributed by atoms with E-state index in [0.717, 1.165) is 12.0 Å². The summed E-state index contributed by atoms with van der Waals surface area (Å²) >= 11 is 0. The predicted octanol–water partition coefficient (Wildman–Crippen LogP) is 1.31. The average Bonchev–Trinajstić information content (AvgIpc) is 2.57. The van der Waals surface area contributed by atoms with Crippen LogP contribution < -0.4 is 25.8 Å². The highest BCUT2D eigenvalue weighted by molar-refractivity contribution is 5.81. The highest BCUT2D eigenvalue weighted by Crippen LogP contribution is 2.27. The highest BCUT2D eigenvalue weighted by atomic mass is 16.5. The second-order valence-corrected chi connectivity index (χ2v) is 6.64. The van der Waals surface area contributed by atoms with Gasteiger partial charge < -0.3 is 25.8 Å². The van der Waals surface area contributed by atoms with Crippen LogP contribution >= 0.6 is 0 Å². The Balaban J connectivity index is 2.35. The van der Waals surface area contributed by atoms with Crippen LogP contribution in [0.5, 0.6) is 11.5 Å². The lowest BCUT2D eigenvalue weighted by molar-refractivity contribution is -0.128. The molecular weight excluding hydrogens is 320 g/mol. The van der Waals surface area contributed by atoms with E-state index < -0.39 is 0 Å². The number of hydrogen-bond donors (Lipinski definition) is 3. The Morgan fingerprint density at radius 2 is 1.76 bits per heavy atom. The molecule has 0 aromatic heterocycles. The van der Waals surface area contributed by atoms with E-state index in [0.29, 0.717) is 37.1 Å². The van der Waals surface area contributed by atoms with Crippen LogP contribution in [0.25, 0.3) is 0 Å². The zero-order valence-electron chi connectivity index (χ0n) is 15.8. The smallest absolute Gasteiger partial charge is 0.225 e. The monoisotopic (exact) mass is 350 g/mol. The van der Waals surface area contributed by atoms with Crippen molar-refractivity contribution < 1.29 is 14.3 Å². The second kappa shape index (κ2) is 9.76.